The molecular formula is C57H58Cl4Zr-2. The maximum atomic E-state index is 5.86. The van der Waals surface area contributed by atoms with Crippen molar-refractivity contribution >= 4 is 26.4 Å². The quantitative estimate of drug-likeness (QED) is 0.140. The number of halogens is 4. The molecule has 1 aliphatic carbocycles. The Kier molecular flexibility index (Phi) is 18.6. The number of unbranched alkanes of at least 4 members (excludes halogenated alkanes) is 1. The largest absolute Gasteiger partial charge is 1.00 e. The number of benzene rings is 6. The number of aryl methyl sites for hydroxylation is 7. The van der Waals surface area contributed by atoms with E-state index in [1.54, 1.807) is 0 Å². The van der Waals surface area contributed by atoms with Gasteiger partial charge in [0.2, 0.25) is 0 Å². The third-order valence-electron chi connectivity index (χ3n) is 11.5. The second kappa shape index (κ2) is 22.5. The van der Waals surface area contributed by atoms with Crippen molar-refractivity contribution in [2.24, 2.45) is 0 Å². The van der Waals surface area contributed by atoms with Gasteiger partial charge in [-0.05, 0) is 75.8 Å². The summed E-state index contributed by atoms with van der Waals surface area (Å²) in [4.78, 5) is 0. The van der Waals surface area contributed by atoms with Crippen molar-refractivity contribution in [2.45, 2.75) is 100 Å². The molecule has 0 saturated carbocycles. The maximum Gasteiger partial charge on any atom is -1.00 e. The first-order valence-electron chi connectivity index (χ1n) is 21.2. The second-order valence-corrected chi connectivity index (χ2v) is 19.7. The van der Waals surface area contributed by atoms with Crippen molar-refractivity contribution in [1.29, 1.82) is 0 Å². The molecule has 0 N–H and O–H groups in total. The van der Waals surface area contributed by atoms with E-state index in [4.69, 9.17) is 23.2 Å². The van der Waals surface area contributed by atoms with Gasteiger partial charge in [0.1, 0.15) is 0 Å². The van der Waals surface area contributed by atoms with Gasteiger partial charge in [-0.15, -0.1) is 29.3 Å². The first-order chi connectivity index (χ1) is 28.5. The normalized spacial score (nSPS) is 11.2. The van der Waals surface area contributed by atoms with Crippen LogP contribution in [0.4, 0.5) is 0 Å². The van der Waals surface area contributed by atoms with Crippen LogP contribution in [0.3, 0.4) is 0 Å². The summed E-state index contributed by atoms with van der Waals surface area (Å²) in [5.74, 6) is 0. The molecule has 0 bridgehead atoms. The Bertz CT molecular complexity index is 2420. The topological polar surface area (TPSA) is 0 Å². The minimum absolute atomic E-state index is 0. The van der Waals surface area contributed by atoms with Gasteiger partial charge in [0.25, 0.3) is 0 Å². The molecule has 0 amide bonds. The molecule has 0 fully saturated rings. The zero-order valence-electron chi connectivity index (χ0n) is 37.9. The molecule has 0 spiro atoms. The third kappa shape index (κ3) is 12.6. The molecule has 7 aromatic carbocycles. The Balaban J connectivity index is 0.000000229. The van der Waals surface area contributed by atoms with Gasteiger partial charge >= 0.3 is 120 Å². The van der Waals surface area contributed by atoms with Crippen LogP contribution in [-0.4, -0.2) is 3.21 Å². The van der Waals surface area contributed by atoms with Gasteiger partial charge in [0.05, 0.1) is 0 Å². The van der Waals surface area contributed by atoms with E-state index in [1.165, 1.54) is 147 Å². The van der Waals surface area contributed by atoms with Crippen LogP contribution in [0, 0.1) is 47.6 Å². The van der Waals surface area contributed by atoms with E-state index in [2.05, 4.69) is 148 Å². The molecule has 7 aromatic rings. The van der Waals surface area contributed by atoms with Crippen LogP contribution >= 0.6 is 23.2 Å². The average molecular weight is 976 g/mol. The van der Waals surface area contributed by atoms with Gasteiger partial charge < -0.3 is 24.8 Å². The zero-order valence-corrected chi connectivity index (χ0v) is 43.4. The van der Waals surface area contributed by atoms with E-state index < -0.39 is 0 Å². The van der Waals surface area contributed by atoms with E-state index in [1.807, 2.05) is 48.5 Å². The predicted octanol–water partition coefficient (Wildman–Crippen LogP) is 10.4. The van der Waals surface area contributed by atoms with Crippen LogP contribution in [-0.2, 0) is 42.5 Å². The molecule has 0 unspecified atom stereocenters. The Morgan fingerprint density at radius 1 is 0.645 bits per heavy atom. The molecule has 0 aromatic heterocycles. The molecule has 1 aliphatic rings. The van der Waals surface area contributed by atoms with Gasteiger partial charge in [-0.1, -0.05) is 134 Å². The first kappa shape index (κ1) is 51.2. The molecule has 320 valence electrons. The van der Waals surface area contributed by atoms with Gasteiger partial charge in [-0.3, -0.25) is 0 Å². The molecule has 0 heterocycles. The van der Waals surface area contributed by atoms with Crippen molar-refractivity contribution in [3.63, 3.8) is 0 Å². The molecule has 8 rings (SSSR count). The monoisotopic (exact) mass is 972 g/mol. The summed E-state index contributed by atoms with van der Waals surface area (Å²) >= 11 is 13.1. The van der Waals surface area contributed by atoms with Gasteiger partial charge in [0, 0.05) is 0 Å². The van der Waals surface area contributed by atoms with Crippen LogP contribution in [0.25, 0.3) is 33.4 Å². The maximum absolute atomic E-state index is 5.86. The summed E-state index contributed by atoms with van der Waals surface area (Å²) in [5, 5.41) is 1.53. The Morgan fingerprint density at radius 3 is 1.63 bits per heavy atom. The van der Waals surface area contributed by atoms with Crippen LogP contribution in [0.1, 0.15) is 107 Å². The summed E-state index contributed by atoms with van der Waals surface area (Å²) in [6.45, 7) is 22.3. The minimum Gasteiger partial charge on any atom is -1.00 e. The van der Waals surface area contributed by atoms with E-state index in [9.17, 15) is 0 Å². The number of rotatable bonds is 7. The molecule has 5 heteroatoms. The van der Waals surface area contributed by atoms with Crippen LogP contribution in [0.15, 0.2) is 121 Å². The Morgan fingerprint density at radius 2 is 1.15 bits per heavy atom. The summed E-state index contributed by atoms with van der Waals surface area (Å²) in [5.41, 5.74) is 24.4. The molecular weight excluding hydrogens is 918 g/mol. The van der Waals surface area contributed by atoms with E-state index in [0.717, 1.165) is 16.5 Å². The third-order valence-corrected chi connectivity index (χ3v) is 13.4. The van der Waals surface area contributed by atoms with E-state index in [0.29, 0.717) is 5.41 Å². The fourth-order valence-electron chi connectivity index (χ4n) is 8.56. The smallest absolute Gasteiger partial charge is 1.00 e. The van der Waals surface area contributed by atoms with Crippen molar-refractivity contribution in [1.82, 2.24) is 0 Å². The first-order valence-corrected chi connectivity index (χ1v) is 23.2. The van der Waals surface area contributed by atoms with Gasteiger partial charge in [-0.25, -0.2) is 6.07 Å². The van der Waals surface area contributed by atoms with Crippen LogP contribution in [0.2, 0.25) is 10.0 Å². The second-order valence-electron chi connectivity index (χ2n) is 17.6. The zero-order chi connectivity index (χ0) is 43.3. The number of fused-ring (bicyclic) bond motifs is 3. The molecule has 62 heavy (non-hydrogen) atoms. The fourth-order valence-corrected chi connectivity index (χ4v) is 9.63. The van der Waals surface area contributed by atoms with Crippen molar-refractivity contribution in [2.75, 3.05) is 0 Å². The number of hydrogen-bond donors (Lipinski definition) is 0. The van der Waals surface area contributed by atoms with Crippen molar-refractivity contribution in [3.8, 4) is 33.4 Å². The standard InChI is InChI=1S/C31H29.C13H8Cl2.C13H21.2ClH.Zr/c1-18-11-20(3)30(21(4)12-18)24-7-9-28-26(15-24)17-27-16-25(8-10-29(27)28)31-22(5)13-19(2)14-23(31)6;14-12-5-1-10(2-6-12)9-11-3-7-13(15)8-4-11;1-5-6-7-11-8-9-12(10-11)13(2,3)4;;;/h7-15H,17H2,1-6H3;1-8H;8-10H,5-7H2,1-4H3;2*1H;/q-1;;-1;;;+2/p-2. The van der Waals surface area contributed by atoms with Crippen molar-refractivity contribution in [3.05, 3.63) is 204 Å². The molecule has 0 atom stereocenters. The van der Waals surface area contributed by atoms with E-state index in [-0.39, 0.29) is 24.8 Å². The summed E-state index contributed by atoms with van der Waals surface area (Å²) in [6, 6.07) is 47.2. The molecule has 0 saturated heterocycles. The minimum atomic E-state index is 0. The summed E-state index contributed by atoms with van der Waals surface area (Å²) in [7, 11) is 0. The fraction of sp³-hybridized carbons (Fsp3) is 0.263. The SMILES string of the molecule is CCCCc1cc(C(C)(C)C)c[cH-]1.Cc1cc(C)c(-c2[c-]c3c(cc2)-c2ccc(-c4c(C)cc(C)cc4C)cc2C3)c(C)c1.Clc1ccc([C](=[Zr+2])c2ccc(Cl)cc2)cc1.[Cl-].[Cl-]. The van der Waals surface area contributed by atoms with E-state index >= 15 is 0 Å². The van der Waals surface area contributed by atoms with Gasteiger partial charge in [0.15, 0.2) is 0 Å². The molecule has 0 nitrogen and oxygen atoms in total. The summed E-state index contributed by atoms with van der Waals surface area (Å²) < 4.78 is 1.31. The number of hydrogen-bond acceptors (Lipinski definition) is 0. The van der Waals surface area contributed by atoms with Crippen molar-refractivity contribution < 1.29 is 49.0 Å². The van der Waals surface area contributed by atoms with Gasteiger partial charge in [-0.2, -0.15) is 23.3 Å². The summed E-state index contributed by atoms with van der Waals surface area (Å²) in [6.07, 6.45) is 4.80. The average Bonchev–Trinajstić information content (AvgIpc) is 3.82. The Labute approximate surface area is 410 Å². The molecule has 0 radical (unpaired) electrons. The predicted molar refractivity (Wildman–Crippen MR) is 258 cm³/mol. The molecule has 0 aliphatic heterocycles. The Hall–Kier alpha value is -3.42. The van der Waals surface area contributed by atoms with Crippen LogP contribution < -0.4 is 24.8 Å². The van der Waals surface area contributed by atoms with Crippen LogP contribution in [0.5, 0.6) is 0 Å².